The van der Waals surface area contributed by atoms with Crippen molar-refractivity contribution in [2.24, 2.45) is 4.99 Å². The summed E-state index contributed by atoms with van der Waals surface area (Å²) in [6, 6.07) is 23.8. The van der Waals surface area contributed by atoms with Crippen molar-refractivity contribution in [3.63, 3.8) is 0 Å². The van der Waals surface area contributed by atoms with Gasteiger partial charge < -0.3 is 5.11 Å². The van der Waals surface area contributed by atoms with E-state index in [4.69, 9.17) is 0 Å². The normalized spacial score (nSPS) is 14.5. The molecule has 0 atom stereocenters. The molecule has 0 amide bonds. The van der Waals surface area contributed by atoms with E-state index in [1.807, 2.05) is 54.6 Å². The van der Waals surface area contributed by atoms with E-state index in [9.17, 15) is 9.90 Å². The van der Waals surface area contributed by atoms with Crippen LogP contribution in [0.5, 0.6) is 5.88 Å². The molecule has 0 saturated carbocycles. The van der Waals surface area contributed by atoms with Gasteiger partial charge in [0.2, 0.25) is 5.88 Å². The SMILES string of the molecule is O=c1[nH]c(O)c(C=Nc2ccc(CN3CCCC3)cc2)c2cc(-c3ccccc3)ccc12. The van der Waals surface area contributed by atoms with Crippen molar-refractivity contribution in [2.75, 3.05) is 13.1 Å². The lowest BCUT2D eigenvalue weighted by molar-refractivity contribution is 0.331. The molecule has 0 radical (unpaired) electrons. The topological polar surface area (TPSA) is 68.7 Å². The average Bonchev–Trinajstić information content (AvgIpc) is 3.33. The van der Waals surface area contributed by atoms with Gasteiger partial charge in [0.15, 0.2) is 0 Å². The van der Waals surface area contributed by atoms with Crippen molar-refractivity contribution >= 4 is 22.7 Å². The third-order valence-electron chi connectivity index (χ3n) is 6.03. The second-order valence-electron chi connectivity index (χ2n) is 8.25. The van der Waals surface area contributed by atoms with Gasteiger partial charge in [0.05, 0.1) is 11.3 Å². The van der Waals surface area contributed by atoms with Crippen LogP contribution in [0.1, 0.15) is 24.0 Å². The summed E-state index contributed by atoms with van der Waals surface area (Å²) >= 11 is 0. The number of fused-ring (bicyclic) bond motifs is 1. The Bertz CT molecular complexity index is 1320. The standard InChI is InChI=1S/C27H25N3O2/c31-26-23-13-10-21(20-6-2-1-3-7-20)16-24(23)25(27(32)29-26)17-28-22-11-8-19(9-12-22)18-30-14-4-5-15-30/h1-3,6-13,16-17H,4-5,14-15,18H2,(H2,29,31,32). The van der Waals surface area contributed by atoms with Crippen LogP contribution in [0.15, 0.2) is 82.6 Å². The molecular weight excluding hydrogens is 398 g/mol. The number of likely N-dealkylation sites (tertiary alicyclic amines) is 1. The minimum atomic E-state index is -0.319. The number of hydrogen-bond donors (Lipinski definition) is 2. The average molecular weight is 424 g/mol. The molecule has 5 rings (SSSR count). The molecule has 2 heterocycles. The molecule has 1 aromatic heterocycles. The zero-order chi connectivity index (χ0) is 21.9. The summed E-state index contributed by atoms with van der Waals surface area (Å²) in [4.78, 5) is 22.0. The first-order valence-electron chi connectivity index (χ1n) is 11.0. The Labute approximate surface area is 186 Å². The smallest absolute Gasteiger partial charge is 0.258 e. The van der Waals surface area contributed by atoms with Crippen molar-refractivity contribution in [1.82, 2.24) is 9.88 Å². The molecule has 3 aromatic carbocycles. The van der Waals surface area contributed by atoms with Gasteiger partial charge in [-0.1, -0.05) is 48.5 Å². The summed E-state index contributed by atoms with van der Waals surface area (Å²) in [5.41, 5.74) is 4.28. The summed E-state index contributed by atoms with van der Waals surface area (Å²) in [6.45, 7) is 3.31. The van der Waals surface area contributed by atoms with Crippen LogP contribution in [0.25, 0.3) is 21.9 Å². The number of pyridine rings is 1. The van der Waals surface area contributed by atoms with Crippen molar-refractivity contribution < 1.29 is 5.11 Å². The number of hydrogen-bond acceptors (Lipinski definition) is 4. The largest absolute Gasteiger partial charge is 0.494 e. The molecule has 1 saturated heterocycles. The van der Waals surface area contributed by atoms with Crippen LogP contribution in [0, 0.1) is 0 Å². The molecule has 4 aromatic rings. The summed E-state index contributed by atoms with van der Waals surface area (Å²) in [7, 11) is 0. The van der Waals surface area contributed by atoms with Gasteiger partial charge in [-0.15, -0.1) is 0 Å². The van der Waals surface area contributed by atoms with E-state index in [1.54, 1.807) is 12.3 Å². The number of aromatic amines is 1. The maximum atomic E-state index is 12.4. The lowest BCUT2D eigenvalue weighted by Gasteiger charge is -2.14. The lowest BCUT2D eigenvalue weighted by atomic mass is 10.00. The number of rotatable bonds is 5. The van der Waals surface area contributed by atoms with E-state index < -0.39 is 0 Å². The zero-order valence-electron chi connectivity index (χ0n) is 17.8. The number of H-pyrrole nitrogens is 1. The van der Waals surface area contributed by atoms with Gasteiger partial charge in [0.25, 0.3) is 5.56 Å². The molecule has 0 bridgehead atoms. The highest BCUT2D eigenvalue weighted by Gasteiger charge is 2.12. The van der Waals surface area contributed by atoms with Crippen LogP contribution in [-0.2, 0) is 6.54 Å². The van der Waals surface area contributed by atoms with Crippen LogP contribution >= 0.6 is 0 Å². The van der Waals surface area contributed by atoms with Gasteiger partial charge in [-0.05, 0) is 66.9 Å². The highest BCUT2D eigenvalue weighted by molar-refractivity contribution is 6.03. The summed E-state index contributed by atoms with van der Waals surface area (Å²) < 4.78 is 0. The number of aliphatic imine (C=N–C) groups is 1. The highest BCUT2D eigenvalue weighted by atomic mass is 16.3. The number of nitrogens with zero attached hydrogens (tertiary/aromatic N) is 2. The van der Waals surface area contributed by atoms with Crippen LogP contribution in [0.2, 0.25) is 0 Å². The Balaban J connectivity index is 1.47. The van der Waals surface area contributed by atoms with E-state index >= 15 is 0 Å². The molecule has 1 aliphatic heterocycles. The van der Waals surface area contributed by atoms with Crippen LogP contribution in [0.3, 0.4) is 0 Å². The monoisotopic (exact) mass is 423 g/mol. The van der Waals surface area contributed by atoms with Crippen molar-refractivity contribution in [3.8, 4) is 17.0 Å². The number of benzene rings is 3. The first kappa shape index (κ1) is 20.2. The number of aromatic hydroxyl groups is 1. The second kappa shape index (κ2) is 8.81. The first-order chi connectivity index (χ1) is 15.7. The fourth-order valence-electron chi connectivity index (χ4n) is 4.30. The van der Waals surface area contributed by atoms with Crippen molar-refractivity contribution in [2.45, 2.75) is 19.4 Å². The molecule has 0 unspecified atom stereocenters. The summed E-state index contributed by atoms with van der Waals surface area (Å²) in [5, 5.41) is 11.7. The van der Waals surface area contributed by atoms with Crippen molar-refractivity contribution in [3.05, 3.63) is 94.3 Å². The Kier molecular flexibility index (Phi) is 5.57. The third-order valence-corrected chi connectivity index (χ3v) is 6.03. The van der Waals surface area contributed by atoms with E-state index in [2.05, 4.69) is 27.0 Å². The van der Waals surface area contributed by atoms with E-state index in [1.165, 1.54) is 31.5 Å². The molecule has 0 spiro atoms. The summed E-state index contributed by atoms with van der Waals surface area (Å²) in [6.07, 6.45) is 4.19. The fraction of sp³-hybridized carbons (Fsp3) is 0.185. The van der Waals surface area contributed by atoms with Gasteiger partial charge in [-0.2, -0.15) is 0 Å². The summed E-state index contributed by atoms with van der Waals surface area (Å²) in [5.74, 6) is -0.179. The first-order valence-corrected chi connectivity index (χ1v) is 11.0. The minimum Gasteiger partial charge on any atom is -0.494 e. The maximum Gasteiger partial charge on any atom is 0.258 e. The molecule has 32 heavy (non-hydrogen) atoms. The number of nitrogens with one attached hydrogen (secondary N) is 1. The molecule has 5 heteroatoms. The van der Waals surface area contributed by atoms with E-state index in [0.29, 0.717) is 16.3 Å². The maximum absolute atomic E-state index is 12.4. The van der Waals surface area contributed by atoms with Crippen LogP contribution in [0.4, 0.5) is 5.69 Å². The number of aromatic nitrogens is 1. The van der Waals surface area contributed by atoms with Gasteiger partial charge in [0, 0.05) is 23.5 Å². The van der Waals surface area contributed by atoms with Crippen LogP contribution < -0.4 is 5.56 Å². The Morgan fingerprint density at radius 3 is 2.41 bits per heavy atom. The van der Waals surface area contributed by atoms with Crippen LogP contribution in [-0.4, -0.2) is 34.3 Å². The molecule has 160 valence electrons. The lowest BCUT2D eigenvalue weighted by Crippen LogP contribution is -2.18. The van der Waals surface area contributed by atoms with Gasteiger partial charge in [-0.3, -0.25) is 19.7 Å². The Morgan fingerprint density at radius 2 is 1.66 bits per heavy atom. The fourth-order valence-corrected chi connectivity index (χ4v) is 4.30. The minimum absolute atomic E-state index is 0.179. The van der Waals surface area contributed by atoms with E-state index in [0.717, 1.165) is 23.4 Å². The zero-order valence-corrected chi connectivity index (χ0v) is 17.8. The second-order valence-corrected chi connectivity index (χ2v) is 8.25. The molecular formula is C27H25N3O2. The predicted octanol–water partition coefficient (Wildman–Crippen LogP) is 5.25. The Hall–Kier alpha value is -3.70. The van der Waals surface area contributed by atoms with Gasteiger partial charge >= 0.3 is 0 Å². The predicted molar refractivity (Wildman–Crippen MR) is 130 cm³/mol. The molecule has 5 nitrogen and oxygen atoms in total. The highest BCUT2D eigenvalue weighted by Crippen LogP contribution is 2.28. The van der Waals surface area contributed by atoms with Crippen molar-refractivity contribution in [1.29, 1.82) is 0 Å². The van der Waals surface area contributed by atoms with Gasteiger partial charge in [0.1, 0.15) is 0 Å². The molecule has 1 aliphatic rings. The molecule has 0 aliphatic carbocycles. The van der Waals surface area contributed by atoms with E-state index in [-0.39, 0.29) is 11.4 Å². The molecule has 1 fully saturated rings. The third kappa shape index (κ3) is 4.20. The molecule has 2 N–H and O–H groups in total. The Morgan fingerprint density at radius 1 is 0.906 bits per heavy atom. The van der Waals surface area contributed by atoms with Gasteiger partial charge in [-0.25, -0.2) is 0 Å². The quantitative estimate of drug-likeness (QED) is 0.431.